The van der Waals surface area contributed by atoms with E-state index in [1.807, 2.05) is 32.1 Å². The molecule has 0 amide bonds. The van der Waals surface area contributed by atoms with Gasteiger partial charge in [0.05, 0.1) is 11.8 Å². The first-order chi connectivity index (χ1) is 14.6. The van der Waals surface area contributed by atoms with Crippen LogP contribution < -0.4 is 10.2 Å². The summed E-state index contributed by atoms with van der Waals surface area (Å²) in [5, 5.41) is 19.5. The van der Waals surface area contributed by atoms with Gasteiger partial charge < -0.3 is 10.2 Å². The number of aryl methyl sites for hydroxylation is 1. The number of anilines is 3. The van der Waals surface area contributed by atoms with Gasteiger partial charge in [-0.1, -0.05) is 12.2 Å². The number of hydrogen-bond acceptors (Lipinski definition) is 7. The number of aromatic amines is 1. The number of H-pyrrole nitrogens is 1. The van der Waals surface area contributed by atoms with E-state index in [1.165, 1.54) is 12.8 Å². The zero-order valence-electron chi connectivity index (χ0n) is 17.6. The molecule has 2 aliphatic rings. The van der Waals surface area contributed by atoms with Gasteiger partial charge in [-0.2, -0.15) is 10.4 Å². The van der Waals surface area contributed by atoms with Crippen LogP contribution in [0.25, 0.3) is 6.08 Å². The minimum Gasteiger partial charge on any atom is -0.353 e. The molecule has 2 atom stereocenters. The zero-order chi connectivity index (χ0) is 21.1. The Labute approximate surface area is 177 Å². The number of rotatable bonds is 7. The van der Waals surface area contributed by atoms with E-state index in [2.05, 4.69) is 49.2 Å². The Morgan fingerprint density at radius 3 is 2.70 bits per heavy atom. The molecule has 2 N–H and O–H groups in total. The van der Waals surface area contributed by atoms with Gasteiger partial charge in [-0.05, 0) is 33.4 Å². The summed E-state index contributed by atoms with van der Waals surface area (Å²) < 4.78 is 0. The average Bonchev–Trinajstić information content (AvgIpc) is 3.25. The maximum absolute atomic E-state index is 8.99. The molecule has 2 saturated heterocycles. The third kappa shape index (κ3) is 3.94. The quantitative estimate of drug-likeness (QED) is 0.682. The summed E-state index contributed by atoms with van der Waals surface area (Å²) >= 11 is 0. The summed E-state index contributed by atoms with van der Waals surface area (Å²) in [6.07, 6.45) is 6.99. The van der Waals surface area contributed by atoms with Crippen molar-refractivity contribution >= 4 is 35.9 Å². The Morgan fingerprint density at radius 1 is 1.33 bits per heavy atom. The molecule has 0 radical (unpaired) electrons. The van der Waals surface area contributed by atoms with Crippen molar-refractivity contribution < 1.29 is 0 Å². The molecule has 2 aliphatic heterocycles. The molecule has 4 rings (SSSR count). The lowest BCUT2D eigenvalue weighted by Gasteiger charge is -2.42. The number of pyridine rings is 1. The number of hydrogen-bond donors (Lipinski definition) is 2. The lowest BCUT2D eigenvalue weighted by atomic mass is 10.1. The highest BCUT2D eigenvalue weighted by atomic mass is 15.3. The van der Waals surface area contributed by atoms with Crippen molar-refractivity contribution in [3.8, 4) is 6.07 Å². The van der Waals surface area contributed by atoms with Crippen LogP contribution in [0.1, 0.15) is 37.4 Å². The minimum atomic E-state index is 0.461. The van der Waals surface area contributed by atoms with Crippen molar-refractivity contribution in [2.24, 2.45) is 4.99 Å². The van der Waals surface area contributed by atoms with Crippen molar-refractivity contribution in [2.45, 2.75) is 45.2 Å². The molecule has 0 aromatic carbocycles. The molecule has 2 fully saturated rings. The van der Waals surface area contributed by atoms with Crippen LogP contribution in [0, 0.1) is 18.3 Å². The molecule has 2 unspecified atom stereocenters. The Bertz CT molecular complexity index is 972. The van der Waals surface area contributed by atoms with Crippen LogP contribution in [0.4, 0.5) is 23.1 Å². The number of nitrogens with zero attached hydrogens (tertiary/aromatic N) is 6. The highest BCUT2D eigenvalue weighted by molar-refractivity contribution is 5.79. The maximum atomic E-state index is 8.99. The molecule has 4 heterocycles. The van der Waals surface area contributed by atoms with Crippen molar-refractivity contribution in [1.29, 1.82) is 5.26 Å². The molecule has 2 bridgehead atoms. The standard InChI is InChI=1S/C22H28N8/c1-4-6-18-19(24-3)12-20(25-21-11-15(2)27-28-21)26-22(18)29-13-16-7-8-17(14-29)30(16)10-5-9-23/h4,6,11-12,16-17H,3,5,7-8,10,13-14H2,1-2H3,(H2,25,26,27,28)/b6-4-. The average molecular weight is 405 g/mol. The van der Waals surface area contributed by atoms with Crippen LogP contribution in [0.15, 0.2) is 23.2 Å². The summed E-state index contributed by atoms with van der Waals surface area (Å²) in [5.41, 5.74) is 2.77. The lowest BCUT2D eigenvalue weighted by molar-refractivity contribution is 0.173. The van der Waals surface area contributed by atoms with Gasteiger partial charge in [0, 0.05) is 61.5 Å². The van der Waals surface area contributed by atoms with Crippen molar-refractivity contribution in [1.82, 2.24) is 20.1 Å². The monoisotopic (exact) mass is 404 g/mol. The Morgan fingerprint density at radius 2 is 2.10 bits per heavy atom. The number of fused-ring (bicyclic) bond motifs is 2. The molecular formula is C22H28N8. The first-order valence-corrected chi connectivity index (χ1v) is 10.4. The predicted octanol–water partition coefficient (Wildman–Crippen LogP) is 3.79. The first kappa shape index (κ1) is 20.1. The number of aliphatic imine (C=N–C) groups is 1. The van der Waals surface area contributed by atoms with Crippen LogP contribution in [-0.4, -0.2) is 58.5 Å². The van der Waals surface area contributed by atoms with E-state index >= 15 is 0 Å². The van der Waals surface area contributed by atoms with E-state index in [0.29, 0.717) is 24.3 Å². The fourth-order valence-electron chi connectivity index (χ4n) is 4.61. The van der Waals surface area contributed by atoms with Gasteiger partial charge in [-0.3, -0.25) is 15.0 Å². The molecule has 0 saturated carbocycles. The Kier molecular flexibility index (Phi) is 5.81. The third-order valence-corrected chi connectivity index (χ3v) is 5.90. The summed E-state index contributed by atoms with van der Waals surface area (Å²) in [6, 6.07) is 7.06. The SMILES string of the molecule is C=Nc1cc(Nc2cc(C)[nH]n2)nc(N2CC3CCC(C2)N3CCC#N)c1/C=C\C. The van der Waals surface area contributed by atoms with Crippen LogP contribution in [-0.2, 0) is 0 Å². The largest absolute Gasteiger partial charge is 0.353 e. The van der Waals surface area contributed by atoms with Crippen LogP contribution in [0.3, 0.4) is 0 Å². The van der Waals surface area contributed by atoms with E-state index in [0.717, 1.165) is 48.2 Å². The normalized spacial score (nSPS) is 21.2. The van der Waals surface area contributed by atoms with Crippen LogP contribution in [0.2, 0.25) is 0 Å². The van der Waals surface area contributed by atoms with E-state index in [9.17, 15) is 0 Å². The summed E-state index contributed by atoms with van der Waals surface area (Å²) in [5.74, 6) is 2.34. The van der Waals surface area contributed by atoms with Gasteiger partial charge in [0.15, 0.2) is 5.82 Å². The van der Waals surface area contributed by atoms with E-state index < -0.39 is 0 Å². The van der Waals surface area contributed by atoms with Gasteiger partial charge >= 0.3 is 0 Å². The summed E-state index contributed by atoms with van der Waals surface area (Å²) in [6.45, 7) is 10.4. The molecule has 0 aliphatic carbocycles. The molecular weight excluding hydrogens is 376 g/mol. The number of nitriles is 1. The van der Waals surface area contributed by atoms with Gasteiger partial charge in [-0.25, -0.2) is 4.98 Å². The molecule has 8 nitrogen and oxygen atoms in total. The molecule has 2 aromatic heterocycles. The highest BCUT2D eigenvalue weighted by Crippen LogP contribution is 2.37. The van der Waals surface area contributed by atoms with Gasteiger partial charge in [-0.15, -0.1) is 0 Å². The first-order valence-electron chi connectivity index (χ1n) is 10.4. The fourth-order valence-corrected chi connectivity index (χ4v) is 4.61. The van der Waals surface area contributed by atoms with Crippen molar-refractivity contribution in [2.75, 3.05) is 29.9 Å². The molecule has 2 aromatic rings. The Hall–Kier alpha value is -3.18. The van der Waals surface area contributed by atoms with Gasteiger partial charge in [0.25, 0.3) is 0 Å². The number of aromatic nitrogens is 3. The van der Waals surface area contributed by atoms with Crippen molar-refractivity contribution in [3.05, 3.63) is 29.5 Å². The van der Waals surface area contributed by atoms with E-state index in [-0.39, 0.29) is 0 Å². The third-order valence-electron chi connectivity index (χ3n) is 5.90. The summed E-state index contributed by atoms with van der Waals surface area (Å²) in [7, 11) is 0. The highest BCUT2D eigenvalue weighted by Gasteiger charge is 2.40. The van der Waals surface area contributed by atoms with Crippen molar-refractivity contribution in [3.63, 3.8) is 0 Å². The molecule has 156 valence electrons. The second-order valence-corrected chi connectivity index (χ2v) is 7.92. The van der Waals surface area contributed by atoms with Gasteiger partial charge in [0.2, 0.25) is 0 Å². The smallest absolute Gasteiger partial charge is 0.153 e. The minimum absolute atomic E-state index is 0.461. The molecule has 30 heavy (non-hydrogen) atoms. The number of piperazine rings is 1. The Balaban J connectivity index is 1.66. The second-order valence-electron chi connectivity index (χ2n) is 7.92. The maximum Gasteiger partial charge on any atom is 0.153 e. The van der Waals surface area contributed by atoms with Crippen LogP contribution in [0.5, 0.6) is 0 Å². The van der Waals surface area contributed by atoms with E-state index in [1.54, 1.807) is 0 Å². The van der Waals surface area contributed by atoms with E-state index in [4.69, 9.17) is 10.2 Å². The molecule has 8 heteroatoms. The summed E-state index contributed by atoms with van der Waals surface area (Å²) in [4.78, 5) is 14.1. The number of nitrogens with one attached hydrogen (secondary N) is 2. The number of allylic oxidation sites excluding steroid dienone is 1. The van der Waals surface area contributed by atoms with Gasteiger partial charge in [0.1, 0.15) is 11.6 Å². The second kappa shape index (κ2) is 8.67. The molecule has 0 spiro atoms. The van der Waals surface area contributed by atoms with Crippen LogP contribution >= 0.6 is 0 Å². The zero-order valence-corrected chi connectivity index (χ0v) is 17.6. The topological polar surface area (TPSA) is 96.2 Å². The predicted molar refractivity (Wildman–Crippen MR) is 121 cm³/mol. The fraction of sp³-hybridized carbons (Fsp3) is 0.455. The lowest BCUT2D eigenvalue weighted by Crippen LogP contribution is -2.54.